The standard InChI is InChI=1S/C23H22N4O4S/c1-3-21-26-27-23(32-21)25-22(28)17(15-24)13-16-9-10-19(20(14-16)29-2)31-12-11-30-18-7-5-4-6-8-18/h4-10,13-14H,3,11-12H2,1-2H3,(H,25,27,28)/b17-13+. The van der Waals surface area contributed by atoms with Crippen molar-refractivity contribution >= 4 is 28.5 Å². The fourth-order valence-electron chi connectivity index (χ4n) is 2.65. The van der Waals surface area contributed by atoms with Gasteiger partial charge in [-0.3, -0.25) is 10.1 Å². The van der Waals surface area contributed by atoms with E-state index in [1.165, 1.54) is 24.5 Å². The lowest BCUT2D eigenvalue weighted by Gasteiger charge is -2.12. The predicted molar refractivity (Wildman–Crippen MR) is 122 cm³/mol. The van der Waals surface area contributed by atoms with Gasteiger partial charge in [-0.15, -0.1) is 10.2 Å². The zero-order chi connectivity index (χ0) is 22.8. The molecule has 3 rings (SSSR count). The molecule has 2 aromatic carbocycles. The summed E-state index contributed by atoms with van der Waals surface area (Å²) in [5.41, 5.74) is 0.554. The number of aromatic nitrogens is 2. The fourth-order valence-corrected chi connectivity index (χ4v) is 3.32. The Hall–Kier alpha value is -3.90. The topological polar surface area (TPSA) is 106 Å². The average molecular weight is 451 g/mol. The number of para-hydroxylation sites is 1. The molecular weight excluding hydrogens is 428 g/mol. The van der Waals surface area contributed by atoms with Crippen LogP contribution < -0.4 is 19.5 Å². The van der Waals surface area contributed by atoms with Crippen LogP contribution in [-0.2, 0) is 11.2 Å². The van der Waals surface area contributed by atoms with Gasteiger partial charge in [0.25, 0.3) is 5.91 Å². The van der Waals surface area contributed by atoms with E-state index in [1.807, 2.05) is 43.3 Å². The van der Waals surface area contributed by atoms with Crippen LogP contribution in [0.3, 0.4) is 0 Å². The normalized spacial score (nSPS) is 10.8. The highest BCUT2D eigenvalue weighted by molar-refractivity contribution is 7.15. The summed E-state index contributed by atoms with van der Waals surface area (Å²) in [6.07, 6.45) is 2.20. The van der Waals surface area contributed by atoms with Crippen molar-refractivity contribution in [1.82, 2.24) is 10.2 Å². The van der Waals surface area contributed by atoms with Crippen molar-refractivity contribution in [2.45, 2.75) is 13.3 Å². The van der Waals surface area contributed by atoms with E-state index in [2.05, 4.69) is 15.5 Å². The maximum atomic E-state index is 12.4. The molecular formula is C23H22N4O4S. The molecule has 1 aromatic heterocycles. The zero-order valence-electron chi connectivity index (χ0n) is 17.7. The summed E-state index contributed by atoms with van der Waals surface area (Å²) in [5.74, 6) is 1.23. The molecule has 0 saturated heterocycles. The number of aryl methyl sites for hydroxylation is 1. The monoisotopic (exact) mass is 450 g/mol. The first-order valence-electron chi connectivity index (χ1n) is 9.87. The van der Waals surface area contributed by atoms with E-state index in [-0.39, 0.29) is 5.57 Å². The Morgan fingerprint density at radius 1 is 1.12 bits per heavy atom. The van der Waals surface area contributed by atoms with E-state index in [0.717, 1.165) is 17.2 Å². The molecule has 164 valence electrons. The van der Waals surface area contributed by atoms with Crippen molar-refractivity contribution in [3.8, 4) is 23.3 Å². The first kappa shape index (κ1) is 22.8. The molecule has 1 amide bonds. The Morgan fingerprint density at radius 2 is 1.91 bits per heavy atom. The Balaban J connectivity index is 1.63. The van der Waals surface area contributed by atoms with Gasteiger partial charge in [-0.1, -0.05) is 42.5 Å². The molecule has 1 N–H and O–H groups in total. The Morgan fingerprint density at radius 3 is 2.59 bits per heavy atom. The van der Waals surface area contributed by atoms with Gasteiger partial charge in [0.05, 0.1) is 7.11 Å². The molecule has 0 aliphatic rings. The average Bonchev–Trinajstić information content (AvgIpc) is 3.28. The van der Waals surface area contributed by atoms with Gasteiger partial charge in [-0.05, 0) is 42.3 Å². The van der Waals surface area contributed by atoms with Crippen LogP contribution in [0.15, 0.2) is 54.1 Å². The van der Waals surface area contributed by atoms with E-state index in [0.29, 0.717) is 35.4 Å². The van der Waals surface area contributed by atoms with Crippen LogP contribution in [0.5, 0.6) is 17.2 Å². The SMILES string of the molecule is CCc1nnc(NC(=O)/C(C#N)=C/c2ccc(OCCOc3ccccc3)c(OC)c2)s1. The van der Waals surface area contributed by atoms with Gasteiger partial charge >= 0.3 is 0 Å². The van der Waals surface area contributed by atoms with Crippen molar-refractivity contribution in [2.24, 2.45) is 0 Å². The molecule has 0 spiro atoms. The number of hydrogen-bond donors (Lipinski definition) is 1. The number of nitriles is 1. The first-order valence-corrected chi connectivity index (χ1v) is 10.7. The second kappa shape index (κ2) is 11.5. The zero-order valence-corrected chi connectivity index (χ0v) is 18.5. The number of ether oxygens (including phenoxy) is 3. The van der Waals surface area contributed by atoms with Crippen LogP contribution in [0.1, 0.15) is 17.5 Å². The van der Waals surface area contributed by atoms with E-state index in [9.17, 15) is 10.1 Å². The molecule has 0 fully saturated rings. The van der Waals surface area contributed by atoms with Crippen LogP contribution in [0.4, 0.5) is 5.13 Å². The smallest absolute Gasteiger partial charge is 0.268 e. The van der Waals surface area contributed by atoms with Gasteiger partial charge in [-0.2, -0.15) is 5.26 Å². The van der Waals surface area contributed by atoms with Crippen LogP contribution in [0, 0.1) is 11.3 Å². The number of amides is 1. The maximum Gasteiger partial charge on any atom is 0.268 e. The molecule has 0 bridgehead atoms. The van der Waals surface area contributed by atoms with Crippen LogP contribution in [-0.4, -0.2) is 36.4 Å². The molecule has 0 saturated carbocycles. The third-order valence-corrected chi connectivity index (χ3v) is 5.19. The molecule has 0 atom stereocenters. The van der Waals surface area contributed by atoms with E-state index in [4.69, 9.17) is 14.2 Å². The minimum atomic E-state index is -0.552. The number of nitrogens with one attached hydrogen (secondary N) is 1. The number of nitrogens with zero attached hydrogens (tertiary/aromatic N) is 3. The molecule has 0 aliphatic heterocycles. The quantitative estimate of drug-likeness (QED) is 0.281. The number of carbonyl (C=O) groups excluding carboxylic acids is 1. The number of hydrogen-bond acceptors (Lipinski definition) is 8. The first-order chi connectivity index (χ1) is 15.6. The van der Waals surface area contributed by atoms with Gasteiger partial charge in [0.1, 0.15) is 35.6 Å². The van der Waals surface area contributed by atoms with Crippen molar-refractivity contribution in [2.75, 3.05) is 25.6 Å². The van der Waals surface area contributed by atoms with Gasteiger partial charge < -0.3 is 14.2 Å². The van der Waals surface area contributed by atoms with Gasteiger partial charge in [0.15, 0.2) is 11.5 Å². The molecule has 0 unspecified atom stereocenters. The van der Waals surface area contributed by atoms with Crippen LogP contribution >= 0.6 is 11.3 Å². The molecule has 0 aliphatic carbocycles. The van der Waals surface area contributed by atoms with E-state index >= 15 is 0 Å². The summed E-state index contributed by atoms with van der Waals surface area (Å²) in [7, 11) is 1.52. The van der Waals surface area contributed by atoms with E-state index in [1.54, 1.807) is 18.2 Å². The molecule has 8 nitrogen and oxygen atoms in total. The minimum Gasteiger partial charge on any atom is -0.493 e. The largest absolute Gasteiger partial charge is 0.493 e. The Bertz CT molecular complexity index is 1120. The predicted octanol–water partition coefficient (Wildman–Crippen LogP) is 4.11. The lowest BCUT2D eigenvalue weighted by atomic mass is 10.1. The van der Waals surface area contributed by atoms with Gasteiger partial charge in [0, 0.05) is 0 Å². The van der Waals surface area contributed by atoms with Gasteiger partial charge in [0.2, 0.25) is 5.13 Å². The summed E-state index contributed by atoms with van der Waals surface area (Å²) in [5, 5.41) is 21.0. The highest BCUT2D eigenvalue weighted by atomic mass is 32.1. The summed E-state index contributed by atoms with van der Waals surface area (Å²) in [6, 6.07) is 16.5. The number of benzene rings is 2. The fraction of sp³-hybridized carbons (Fsp3) is 0.217. The Labute approximate surface area is 190 Å². The number of methoxy groups -OCH3 is 1. The lowest BCUT2D eigenvalue weighted by molar-refractivity contribution is -0.112. The maximum absolute atomic E-state index is 12.4. The third kappa shape index (κ3) is 6.30. The molecule has 1 heterocycles. The molecule has 9 heteroatoms. The van der Waals surface area contributed by atoms with Gasteiger partial charge in [-0.25, -0.2) is 0 Å². The summed E-state index contributed by atoms with van der Waals surface area (Å²) >= 11 is 1.27. The van der Waals surface area contributed by atoms with Crippen molar-refractivity contribution in [3.63, 3.8) is 0 Å². The highest BCUT2D eigenvalue weighted by Crippen LogP contribution is 2.29. The van der Waals surface area contributed by atoms with Crippen molar-refractivity contribution < 1.29 is 19.0 Å². The highest BCUT2D eigenvalue weighted by Gasteiger charge is 2.13. The summed E-state index contributed by atoms with van der Waals surface area (Å²) in [4.78, 5) is 12.4. The van der Waals surface area contributed by atoms with Crippen molar-refractivity contribution in [3.05, 3.63) is 64.7 Å². The number of carbonyl (C=O) groups is 1. The Kier molecular flexibility index (Phi) is 8.17. The third-order valence-electron chi connectivity index (χ3n) is 4.21. The summed E-state index contributed by atoms with van der Waals surface area (Å²) < 4.78 is 16.8. The molecule has 0 radical (unpaired) electrons. The lowest BCUT2D eigenvalue weighted by Crippen LogP contribution is -2.13. The second-order valence-corrected chi connectivity index (χ2v) is 7.46. The summed E-state index contributed by atoms with van der Waals surface area (Å²) in [6.45, 7) is 2.65. The van der Waals surface area contributed by atoms with Crippen molar-refractivity contribution in [1.29, 1.82) is 5.26 Å². The number of anilines is 1. The second-order valence-electron chi connectivity index (χ2n) is 6.40. The van der Waals surface area contributed by atoms with Crippen LogP contribution in [0.2, 0.25) is 0 Å². The van der Waals surface area contributed by atoms with E-state index < -0.39 is 5.91 Å². The molecule has 32 heavy (non-hydrogen) atoms. The molecule has 3 aromatic rings. The van der Waals surface area contributed by atoms with Crippen LogP contribution in [0.25, 0.3) is 6.08 Å². The number of rotatable bonds is 10. The minimum absolute atomic E-state index is 0.0646.